The van der Waals surface area contributed by atoms with Gasteiger partial charge in [0.2, 0.25) is 0 Å². The zero-order valence-electron chi connectivity index (χ0n) is 15.9. The maximum Gasteiger partial charge on any atom is 0.410 e. The molecule has 2 heterocycles. The lowest BCUT2D eigenvalue weighted by molar-refractivity contribution is -0.0339. The summed E-state index contributed by atoms with van der Waals surface area (Å²) >= 11 is 12.2. The van der Waals surface area contributed by atoms with Crippen LogP contribution in [-0.4, -0.2) is 55.5 Å². The Kier molecular flexibility index (Phi) is 6.41. The highest BCUT2D eigenvalue weighted by atomic mass is 35.5. The van der Waals surface area contributed by atoms with Gasteiger partial charge in [0.1, 0.15) is 23.0 Å². The summed E-state index contributed by atoms with van der Waals surface area (Å²) in [5.74, 6) is 0.651. The van der Waals surface area contributed by atoms with E-state index in [2.05, 4.69) is 5.32 Å². The average Bonchev–Trinajstić information content (AvgIpc) is 3.01. The second-order valence-electron chi connectivity index (χ2n) is 7.79. The van der Waals surface area contributed by atoms with Gasteiger partial charge in [-0.2, -0.15) is 0 Å². The van der Waals surface area contributed by atoms with Crippen molar-refractivity contribution in [1.29, 1.82) is 0 Å². The van der Waals surface area contributed by atoms with Gasteiger partial charge in [-0.25, -0.2) is 4.79 Å². The van der Waals surface area contributed by atoms with Crippen molar-refractivity contribution >= 4 is 29.3 Å². The first-order chi connectivity index (χ1) is 12.8. The third-order valence-electron chi connectivity index (χ3n) is 4.57. The number of morpholine rings is 1. The number of hydrogen-bond acceptors (Lipinski definition) is 5. The van der Waals surface area contributed by atoms with Crippen molar-refractivity contribution in [3.8, 4) is 5.75 Å². The van der Waals surface area contributed by atoms with Crippen LogP contribution in [0.4, 0.5) is 4.79 Å². The van der Waals surface area contributed by atoms with E-state index in [1.807, 2.05) is 26.8 Å². The van der Waals surface area contributed by atoms with Gasteiger partial charge in [-0.3, -0.25) is 0 Å². The van der Waals surface area contributed by atoms with E-state index in [1.54, 1.807) is 11.0 Å². The monoisotopic (exact) mass is 416 g/mol. The average molecular weight is 417 g/mol. The standard InChI is InChI=1S/C19H26Cl2N2O4/c1-19(2,3)27-18(24)23-8-9-25-10-12(23)6-7-22-15-11-26-17-13(15)4-5-14(20)16(17)21/h4-5,12,15,22H,6-11H2,1-3H3/t12-,15?/m1/s1. The maximum atomic E-state index is 12.5. The number of fused-ring (bicyclic) bond motifs is 1. The Hall–Kier alpha value is -1.21. The molecule has 0 radical (unpaired) electrons. The zero-order valence-corrected chi connectivity index (χ0v) is 17.4. The van der Waals surface area contributed by atoms with Gasteiger partial charge in [-0.05, 0) is 39.8 Å². The van der Waals surface area contributed by atoms with Crippen LogP contribution in [0.2, 0.25) is 10.0 Å². The lowest BCUT2D eigenvalue weighted by Crippen LogP contribution is -2.51. The molecule has 2 atom stereocenters. The van der Waals surface area contributed by atoms with Crippen LogP contribution < -0.4 is 10.1 Å². The fraction of sp³-hybridized carbons (Fsp3) is 0.632. The molecule has 6 nitrogen and oxygen atoms in total. The molecule has 1 unspecified atom stereocenters. The number of carbonyl (C=O) groups excluding carboxylic acids is 1. The van der Waals surface area contributed by atoms with Crippen LogP contribution in [0.3, 0.4) is 0 Å². The molecule has 1 amide bonds. The van der Waals surface area contributed by atoms with Crippen LogP contribution in [0.15, 0.2) is 12.1 Å². The molecule has 2 aliphatic rings. The molecule has 0 aliphatic carbocycles. The van der Waals surface area contributed by atoms with Crippen LogP contribution >= 0.6 is 23.2 Å². The van der Waals surface area contributed by atoms with Crippen molar-refractivity contribution in [2.75, 3.05) is 32.9 Å². The third kappa shape index (κ3) is 4.99. The van der Waals surface area contributed by atoms with Crippen molar-refractivity contribution in [2.24, 2.45) is 0 Å². The number of amides is 1. The van der Waals surface area contributed by atoms with Gasteiger partial charge in [-0.1, -0.05) is 29.3 Å². The summed E-state index contributed by atoms with van der Waals surface area (Å²) in [6.07, 6.45) is 0.471. The van der Waals surface area contributed by atoms with Crippen LogP contribution in [0, 0.1) is 0 Å². The Morgan fingerprint density at radius 3 is 2.85 bits per heavy atom. The maximum absolute atomic E-state index is 12.5. The van der Waals surface area contributed by atoms with Crippen LogP contribution in [0.25, 0.3) is 0 Å². The molecule has 0 saturated carbocycles. The highest BCUT2D eigenvalue weighted by molar-refractivity contribution is 6.43. The molecule has 1 saturated heterocycles. The molecule has 8 heteroatoms. The first kappa shape index (κ1) is 20.5. The van der Waals surface area contributed by atoms with Gasteiger partial charge in [0.25, 0.3) is 0 Å². The molecule has 0 bridgehead atoms. The first-order valence-corrected chi connectivity index (χ1v) is 9.93. The van der Waals surface area contributed by atoms with E-state index in [1.165, 1.54) is 0 Å². The number of benzene rings is 1. The molecule has 1 aromatic rings. The number of nitrogens with one attached hydrogen (secondary N) is 1. The predicted molar refractivity (Wildman–Crippen MR) is 105 cm³/mol. The Labute approximate surface area is 170 Å². The first-order valence-electron chi connectivity index (χ1n) is 9.17. The molecular weight excluding hydrogens is 391 g/mol. The Balaban J connectivity index is 1.55. The molecule has 1 N–H and O–H groups in total. The normalized spacial score (nSPS) is 22.3. The predicted octanol–water partition coefficient (Wildman–Crippen LogP) is 4.04. The number of hydrogen-bond donors (Lipinski definition) is 1. The highest BCUT2D eigenvalue weighted by Gasteiger charge is 2.32. The quantitative estimate of drug-likeness (QED) is 0.801. The van der Waals surface area contributed by atoms with E-state index < -0.39 is 5.60 Å². The fourth-order valence-corrected chi connectivity index (χ4v) is 3.65. The van der Waals surface area contributed by atoms with Gasteiger partial charge in [0, 0.05) is 12.1 Å². The van der Waals surface area contributed by atoms with Crippen LogP contribution in [-0.2, 0) is 9.47 Å². The largest absolute Gasteiger partial charge is 0.490 e. The molecule has 1 aromatic carbocycles. The van der Waals surface area contributed by atoms with Gasteiger partial charge >= 0.3 is 6.09 Å². The Morgan fingerprint density at radius 2 is 2.11 bits per heavy atom. The summed E-state index contributed by atoms with van der Waals surface area (Å²) in [6, 6.07) is 3.75. The Morgan fingerprint density at radius 1 is 1.33 bits per heavy atom. The molecular formula is C19H26Cl2N2O4. The summed E-state index contributed by atoms with van der Waals surface area (Å²) in [4.78, 5) is 14.2. The van der Waals surface area contributed by atoms with Gasteiger partial charge < -0.3 is 24.4 Å². The van der Waals surface area contributed by atoms with E-state index in [4.69, 9.17) is 37.4 Å². The van der Waals surface area contributed by atoms with E-state index >= 15 is 0 Å². The molecule has 150 valence electrons. The number of rotatable bonds is 4. The van der Waals surface area contributed by atoms with Crippen molar-refractivity contribution < 1.29 is 19.0 Å². The minimum absolute atomic E-state index is 0.0169. The number of ether oxygens (including phenoxy) is 3. The number of halogens is 2. The van der Waals surface area contributed by atoms with Gasteiger partial charge in [0.15, 0.2) is 0 Å². The highest BCUT2D eigenvalue weighted by Crippen LogP contribution is 2.42. The number of carbonyl (C=O) groups is 1. The van der Waals surface area contributed by atoms with Crippen molar-refractivity contribution in [3.05, 3.63) is 27.7 Å². The molecule has 0 spiro atoms. The van der Waals surface area contributed by atoms with Crippen LogP contribution in [0.1, 0.15) is 38.8 Å². The summed E-state index contributed by atoms with van der Waals surface area (Å²) < 4.78 is 16.8. The summed E-state index contributed by atoms with van der Waals surface area (Å²) in [5.41, 5.74) is 0.497. The van der Waals surface area contributed by atoms with E-state index in [0.717, 1.165) is 12.0 Å². The summed E-state index contributed by atoms with van der Waals surface area (Å²) in [6.45, 7) is 8.42. The van der Waals surface area contributed by atoms with Gasteiger partial charge in [-0.15, -0.1) is 0 Å². The second kappa shape index (κ2) is 8.43. The third-order valence-corrected chi connectivity index (χ3v) is 5.36. The van der Waals surface area contributed by atoms with E-state index in [0.29, 0.717) is 48.7 Å². The molecule has 2 aliphatic heterocycles. The minimum atomic E-state index is -0.510. The lowest BCUT2D eigenvalue weighted by atomic mass is 10.1. The smallest absolute Gasteiger partial charge is 0.410 e. The minimum Gasteiger partial charge on any atom is -0.490 e. The van der Waals surface area contributed by atoms with Crippen LogP contribution in [0.5, 0.6) is 5.75 Å². The lowest BCUT2D eigenvalue weighted by Gasteiger charge is -2.36. The SMILES string of the molecule is CC(C)(C)OC(=O)N1CCOC[C@H]1CCNC1COc2c1ccc(Cl)c2Cl. The summed E-state index contributed by atoms with van der Waals surface area (Å²) in [5, 5.41) is 4.42. The van der Waals surface area contributed by atoms with Crippen molar-refractivity contribution in [3.63, 3.8) is 0 Å². The topological polar surface area (TPSA) is 60.0 Å². The summed E-state index contributed by atoms with van der Waals surface area (Å²) in [7, 11) is 0. The number of nitrogens with zero attached hydrogens (tertiary/aromatic N) is 1. The van der Waals surface area contributed by atoms with E-state index in [-0.39, 0.29) is 18.2 Å². The van der Waals surface area contributed by atoms with Crippen molar-refractivity contribution in [1.82, 2.24) is 10.2 Å². The van der Waals surface area contributed by atoms with E-state index in [9.17, 15) is 4.79 Å². The zero-order chi connectivity index (χ0) is 19.6. The molecule has 27 heavy (non-hydrogen) atoms. The molecule has 3 rings (SSSR count). The second-order valence-corrected chi connectivity index (χ2v) is 8.57. The molecule has 0 aromatic heterocycles. The van der Waals surface area contributed by atoms with Crippen molar-refractivity contribution in [2.45, 2.75) is 44.9 Å². The fourth-order valence-electron chi connectivity index (χ4n) is 3.27. The van der Waals surface area contributed by atoms with Gasteiger partial charge in [0.05, 0.1) is 30.3 Å². The Bertz CT molecular complexity index is 693. The molecule has 1 fully saturated rings.